The normalized spacial score (nSPS) is 19.9. The highest BCUT2D eigenvalue weighted by Gasteiger charge is 2.39. The molecule has 0 radical (unpaired) electrons. The number of carbonyl (C=O) groups excluding carboxylic acids is 3. The van der Waals surface area contributed by atoms with Gasteiger partial charge in [-0.2, -0.15) is 0 Å². The number of hydrogen-bond donors (Lipinski definition) is 2. The smallest absolute Gasteiger partial charge is 0.326 e. The van der Waals surface area contributed by atoms with Gasteiger partial charge in [-0.1, -0.05) is 18.2 Å². The molecular formula is C15H13N3O4S. The zero-order valence-electron chi connectivity index (χ0n) is 12.2. The van der Waals surface area contributed by atoms with Crippen LogP contribution in [0.4, 0.5) is 5.69 Å². The lowest BCUT2D eigenvalue weighted by Crippen LogP contribution is -2.33. The molecule has 8 heteroatoms. The second-order valence-electron chi connectivity index (χ2n) is 4.80. The Labute approximate surface area is 136 Å². The van der Waals surface area contributed by atoms with Crippen LogP contribution in [0.1, 0.15) is 12.5 Å². The van der Waals surface area contributed by atoms with Crippen LogP contribution in [0.2, 0.25) is 0 Å². The van der Waals surface area contributed by atoms with Crippen molar-refractivity contribution in [1.82, 2.24) is 5.32 Å². The summed E-state index contributed by atoms with van der Waals surface area (Å²) in [5.74, 6) is -1.43. The van der Waals surface area contributed by atoms with Crippen molar-refractivity contribution in [2.45, 2.75) is 6.92 Å². The fraction of sp³-hybridized carbons (Fsp3) is 0.200. The average Bonchev–Trinajstić information content (AvgIpc) is 2.97. The lowest BCUT2D eigenvalue weighted by molar-refractivity contribution is -0.142. The third kappa shape index (κ3) is 2.61. The molecule has 1 saturated heterocycles. The minimum atomic E-state index is -0.516. The molecule has 23 heavy (non-hydrogen) atoms. The van der Waals surface area contributed by atoms with Crippen LogP contribution in [-0.2, 0) is 19.1 Å². The lowest BCUT2D eigenvalue weighted by atomic mass is 10.1. The third-order valence-electron chi connectivity index (χ3n) is 3.38. The maximum absolute atomic E-state index is 12.7. The maximum atomic E-state index is 12.7. The Hall–Kier alpha value is -2.61. The number of ether oxygens (including phenoxy) is 1. The molecule has 2 N–H and O–H groups in total. The van der Waals surface area contributed by atoms with Gasteiger partial charge in [-0.05, 0) is 24.8 Å². The van der Waals surface area contributed by atoms with Gasteiger partial charge in [0.25, 0.3) is 11.8 Å². The van der Waals surface area contributed by atoms with E-state index in [9.17, 15) is 14.4 Å². The number of fused-ring (bicyclic) bond motifs is 1. The van der Waals surface area contributed by atoms with Crippen LogP contribution in [0, 0.1) is 5.41 Å². The fourth-order valence-electron chi connectivity index (χ4n) is 2.49. The molecule has 1 aromatic carbocycles. The summed E-state index contributed by atoms with van der Waals surface area (Å²) in [5, 5.41) is 9.88. The van der Waals surface area contributed by atoms with Crippen LogP contribution in [0.5, 0.6) is 0 Å². The summed E-state index contributed by atoms with van der Waals surface area (Å²) in [4.78, 5) is 37.9. The lowest BCUT2D eigenvalue weighted by Gasteiger charge is -2.15. The molecule has 0 spiro atoms. The van der Waals surface area contributed by atoms with E-state index in [1.54, 1.807) is 31.2 Å². The van der Waals surface area contributed by atoms with Gasteiger partial charge in [-0.25, -0.2) is 0 Å². The largest absolute Gasteiger partial charge is 0.465 e. The summed E-state index contributed by atoms with van der Waals surface area (Å²) < 4.78 is 4.90. The number of benzene rings is 1. The molecule has 7 nitrogen and oxygen atoms in total. The number of para-hydroxylation sites is 1. The molecule has 0 bridgehead atoms. The van der Waals surface area contributed by atoms with Crippen molar-refractivity contribution in [1.29, 1.82) is 5.41 Å². The van der Waals surface area contributed by atoms with Crippen molar-refractivity contribution in [3.8, 4) is 0 Å². The predicted octanol–water partition coefficient (Wildman–Crippen LogP) is 1.11. The SMILES string of the molecule is CCOC(=O)CN1C(=O)C(=C2SC(=N)NC2=O)c2ccccc21. The molecule has 2 aliphatic rings. The van der Waals surface area contributed by atoms with E-state index in [0.717, 1.165) is 11.8 Å². The molecule has 1 aromatic rings. The van der Waals surface area contributed by atoms with E-state index in [1.165, 1.54) is 4.90 Å². The van der Waals surface area contributed by atoms with Gasteiger partial charge in [0.15, 0.2) is 5.17 Å². The summed E-state index contributed by atoms with van der Waals surface area (Å²) in [6, 6.07) is 6.94. The van der Waals surface area contributed by atoms with Gasteiger partial charge >= 0.3 is 5.97 Å². The van der Waals surface area contributed by atoms with Gasteiger partial charge in [0.05, 0.1) is 22.8 Å². The van der Waals surface area contributed by atoms with Crippen LogP contribution in [0.15, 0.2) is 29.2 Å². The van der Waals surface area contributed by atoms with E-state index in [4.69, 9.17) is 10.1 Å². The standard InChI is InChI=1S/C15H13N3O4S/c1-2-22-10(19)7-18-9-6-4-3-5-8(9)11(14(18)21)12-13(20)17-15(16)23-12/h3-6H,2,7H2,1H3,(H2,16,17,20). The minimum Gasteiger partial charge on any atom is -0.465 e. The molecule has 2 aliphatic heterocycles. The van der Waals surface area contributed by atoms with Crippen molar-refractivity contribution in [3.63, 3.8) is 0 Å². The molecule has 118 valence electrons. The quantitative estimate of drug-likeness (QED) is 0.638. The topological polar surface area (TPSA) is 99.6 Å². The Morgan fingerprint density at radius 1 is 1.35 bits per heavy atom. The summed E-state index contributed by atoms with van der Waals surface area (Å²) in [7, 11) is 0. The van der Waals surface area contributed by atoms with Gasteiger partial charge in [-0.15, -0.1) is 0 Å². The average molecular weight is 331 g/mol. The molecular weight excluding hydrogens is 318 g/mol. The Morgan fingerprint density at radius 3 is 2.74 bits per heavy atom. The van der Waals surface area contributed by atoms with Crippen LogP contribution in [0.3, 0.4) is 0 Å². The number of nitrogens with one attached hydrogen (secondary N) is 2. The number of nitrogens with zero attached hydrogens (tertiary/aromatic N) is 1. The van der Waals surface area contributed by atoms with Gasteiger partial charge in [-0.3, -0.25) is 24.7 Å². The summed E-state index contributed by atoms with van der Waals surface area (Å²) in [6.45, 7) is 1.70. The zero-order valence-corrected chi connectivity index (χ0v) is 13.0. The Morgan fingerprint density at radius 2 is 2.09 bits per heavy atom. The monoisotopic (exact) mass is 331 g/mol. The summed E-state index contributed by atoms with van der Waals surface area (Å²) in [5.41, 5.74) is 1.35. The predicted molar refractivity (Wildman–Crippen MR) is 85.8 cm³/mol. The van der Waals surface area contributed by atoms with E-state index in [1.807, 2.05) is 0 Å². The van der Waals surface area contributed by atoms with E-state index < -0.39 is 17.8 Å². The van der Waals surface area contributed by atoms with Crippen molar-refractivity contribution >= 4 is 46.0 Å². The van der Waals surface area contributed by atoms with Gasteiger partial charge in [0.2, 0.25) is 0 Å². The number of anilines is 1. The number of amides is 2. The van der Waals surface area contributed by atoms with E-state index >= 15 is 0 Å². The van der Waals surface area contributed by atoms with Gasteiger partial charge in [0.1, 0.15) is 6.54 Å². The highest BCUT2D eigenvalue weighted by atomic mass is 32.2. The minimum absolute atomic E-state index is 0.0216. The van der Waals surface area contributed by atoms with Crippen molar-refractivity contribution in [3.05, 3.63) is 34.7 Å². The van der Waals surface area contributed by atoms with Gasteiger partial charge in [0, 0.05) is 5.56 Å². The number of carbonyl (C=O) groups is 3. The fourth-order valence-corrected chi connectivity index (χ4v) is 3.28. The number of amidine groups is 1. The Bertz CT molecular complexity index is 772. The first-order chi connectivity index (χ1) is 11.0. The molecule has 0 saturated carbocycles. The first-order valence-electron chi connectivity index (χ1n) is 6.91. The van der Waals surface area contributed by atoms with E-state index in [0.29, 0.717) is 11.3 Å². The highest BCUT2D eigenvalue weighted by molar-refractivity contribution is 8.18. The highest BCUT2D eigenvalue weighted by Crippen LogP contribution is 2.42. The van der Waals surface area contributed by atoms with E-state index in [2.05, 4.69) is 5.32 Å². The molecule has 3 rings (SSSR count). The van der Waals surface area contributed by atoms with E-state index in [-0.39, 0.29) is 28.8 Å². The third-order valence-corrected chi connectivity index (χ3v) is 4.28. The molecule has 0 aliphatic carbocycles. The molecule has 2 heterocycles. The zero-order chi connectivity index (χ0) is 16.6. The molecule has 0 atom stereocenters. The number of thioether (sulfide) groups is 1. The summed E-state index contributed by atoms with van der Waals surface area (Å²) >= 11 is 0.908. The number of hydrogen-bond acceptors (Lipinski definition) is 6. The van der Waals surface area contributed by atoms with Crippen molar-refractivity contribution < 1.29 is 19.1 Å². The van der Waals surface area contributed by atoms with Crippen molar-refractivity contribution in [2.75, 3.05) is 18.1 Å². The number of esters is 1. The molecule has 0 unspecified atom stereocenters. The first-order valence-corrected chi connectivity index (χ1v) is 7.73. The van der Waals surface area contributed by atoms with Crippen molar-refractivity contribution in [2.24, 2.45) is 0 Å². The second kappa shape index (κ2) is 5.88. The van der Waals surface area contributed by atoms with Crippen LogP contribution in [-0.4, -0.2) is 36.1 Å². The Kier molecular flexibility index (Phi) is 3.91. The van der Waals surface area contributed by atoms with Gasteiger partial charge < -0.3 is 10.1 Å². The van der Waals surface area contributed by atoms with Crippen LogP contribution < -0.4 is 10.2 Å². The van der Waals surface area contributed by atoms with Crippen LogP contribution >= 0.6 is 11.8 Å². The molecule has 0 aromatic heterocycles. The maximum Gasteiger partial charge on any atom is 0.326 e. The Balaban J connectivity index is 2.06. The number of rotatable bonds is 3. The first kappa shape index (κ1) is 15.3. The van der Waals surface area contributed by atoms with Crippen LogP contribution in [0.25, 0.3) is 5.57 Å². The second-order valence-corrected chi connectivity index (χ2v) is 5.82. The molecule has 2 amide bonds. The summed E-state index contributed by atoms with van der Waals surface area (Å²) in [6.07, 6.45) is 0. The molecule has 1 fully saturated rings.